The van der Waals surface area contributed by atoms with Gasteiger partial charge in [-0.25, -0.2) is 13.6 Å². The molecule has 1 rings (SSSR count). The highest BCUT2D eigenvalue weighted by Crippen LogP contribution is 2.21. The van der Waals surface area contributed by atoms with Gasteiger partial charge in [0.2, 0.25) is 0 Å². The normalized spacial score (nSPS) is 12.8. The van der Waals surface area contributed by atoms with Crippen LogP contribution in [0.5, 0.6) is 5.75 Å². The number of halogens is 2. The quantitative estimate of drug-likeness (QED) is 0.781. The predicted octanol–water partition coefficient (Wildman–Crippen LogP) is 2.67. The summed E-state index contributed by atoms with van der Waals surface area (Å²) in [5, 5.41) is 14.6. The van der Waals surface area contributed by atoms with E-state index in [2.05, 4.69) is 10.6 Å². The first kappa shape index (κ1) is 18.2. The Morgan fingerprint density at radius 3 is 2.36 bits per heavy atom. The number of rotatable bonds is 5. The molecule has 0 aliphatic rings. The summed E-state index contributed by atoms with van der Waals surface area (Å²) in [6, 6.07) is 1.98. The number of phenols is 1. The van der Waals surface area contributed by atoms with Crippen LogP contribution in [0.25, 0.3) is 0 Å². The van der Waals surface area contributed by atoms with E-state index in [1.807, 2.05) is 6.92 Å². The van der Waals surface area contributed by atoms with Crippen LogP contribution in [-0.4, -0.2) is 29.4 Å². The highest BCUT2D eigenvalue weighted by Gasteiger charge is 2.16. The Morgan fingerprint density at radius 2 is 1.86 bits per heavy atom. The summed E-state index contributed by atoms with van der Waals surface area (Å²) in [4.78, 5) is 11.5. The van der Waals surface area contributed by atoms with Gasteiger partial charge in [-0.15, -0.1) is 0 Å². The zero-order valence-corrected chi connectivity index (χ0v) is 13.2. The van der Waals surface area contributed by atoms with Gasteiger partial charge in [-0.1, -0.05) is 0 Å². The third-order valence-electron chi connectivity index (χ3n) is 2.68. The molecule has 0 aliphatic heterocycles. The molecule has 1 aromatic rings. The van der Waals surface area contributed by atoms with Crippen molar-refractivity contribution < 1.29 is 23.4 Å². The van der Waals surface area contributed by atoms with Crippen molar-refractivity contribution in [1.29, 1.82) is 0 Å². The Hall–Kier alpha value is -1.89. The number of hydrogen-bond donors (Lipinski definition) is 3. The van der Waals surface area contributed by atoms with Crippen LogP contribution in [0.1, 0.15) is 33.3 Å². The van der Waals surface area contributed by atoms with Gasteiger partial charge >= 0.3 is 6.09 Å². The highest BCUT2D eigenvalue weighted by atomic mass is 19.1. The molecule has 1 amide bonds. The molecule has 0 aliphatic carbocycles. The molecule has 1 atom stereocenters. The number of nitrogens with one attached hydrogen (secondary N) is 2. The summed E-state index contributed by atoms with van der Waals surface area (Å²) in [5.74, 6) is -2.99. The van der Waals surface area contributed by atoms with Gasteiger partial charge in [0, 0.05) is 19.1 Å². The molecule has 5 nitrogen and oxygen atoms in total. The molecular formula is C15H22F2N2O3. The first-order valence-electron chi connectivity index (χ1n) is 6.95. The summed E-state index contributed by atoms with van der Waals surface area (Å²) in [6.07, 6.45) is -0.525. The van der Waals surface area contributed by atoms with E-state index in [9.17, 15) is 13.6 Å². The number of alkyl carbamates (subject to hydrolysis) is 1. The molecule has 0 heterocycles. The van der Waals surface area contributed by atoms with Crippen LogP contribution in [0.15, 0.2) is 12.1 Å². The molecule has 0 aromatic heterocycles. The first-order valence-corrected chi connectivity index (χ1v) is 6.95. The summed E-state index contributed by atoms with van der Waals surface area (Å²) in [6.45, 7) is 7.61. The van der Waals surface area contributed by atoms with E-state index < -0.39 is 29.1 Å². The first-order chi connectivity index (χ1) is 10.1. The summed E-state index contributed by atoms with van der Waals surface area (Å²) in [7, 11) is 0. The average molecular weight is 316 g/mol. The van der Waals surface area contributed by atoms with Gasteiger partial charge in [0.1, 0.15) is 5.60 Å². The largest absolute Gasteiger partial charge is 0.503 e. The van der Waals surface area contributed by atoms with E-state index >= 15 is 0 Å². The SMILES string of the molecule is CC(CNC(=O)OC(C)(C)C)NCc1cc(F)c(O)c(F)c1. The van der Waals surface area contributed by atoms with Gasteiger partial charge < -0.3 is 20.5 Å². The number of hydrogen-bond acceptors (Lipinski definition) is 4. The van der Waals surface area contributed by atoms with Crippen LogP contribution in [0.4, 0.5) is 13.6 Å². The van der Waals surface area contributed by atoms with Gasteiger partial charge in [0.05, 0.1) is 0 Å². The number of ether oxygens (including phenoxy) is 1. The molecule has 0 saturated carbocycles. The smallest absolute Gasteiger partial charge is 0.407 e. The van der Waals surface area contributed by atoms with Gasteiger partial charge in [-0.05, 0) is 45.4 Å². The van der Waals surface area contributed by atoms with Gasteiger partial charge in [-0.2, -0.15) is 0 Å². The lowest BCUT2D eigenvalue weighted by Crippen LogP contribution is -2.41. The maximum Gasteiger partial charge on any atom is 0.407 e. The monoisotopic (exact) mass is 316 g/mol. The zero-order valence-electron chi connectivity index (χ0n) is 13.2. The fourth-order valence-corrected chi connectivity index (χ4v) is 1.63. The van der Waals surface area contributed by atoms with Crippen molar-refractivity contribution in [3.05, 3.63) is 29.3 Å². The van der Waals surface area contributed by atoms with Gasteiger partial charge in [-0.3, -0.25) is 0 Å². The Balaban J connectivity index is 2.40. The van der Waals surface area contributed by atoms with Crippen molar-refractivity contribution >= 4 is 6.09 Å². The second-order valence-electron chi connectivity index (χ2n) is 6.07. The number of carbonyl (C=O) groups is 1. The maximum atomic E-state index is 13.2. The minimum Gasteiger partial charge on any atom is -0.503 e. The average Bonchev–Trinajstić information content (AvgIpc) is 2.38. The third-order valence-corrected chi connectivity index (χ3v) is 2.68. The number of benzene rings is 1. The maximum absolute atomic E-state index is 13.2. The molecule has 0 bridgehead atoms. The molecule has 0 saturated heterocycles. The Morgan fingerprint density at radius 1 is 1.32 bits per heavy atom. The van der Waals surface area contributed by atoms with E-state index in [0.29, 0.717) is 12.1 Å². The lowest BCUT2D eigenvalue weighted by Gasteiger charge is -2.21. The van der Waals surface area contributed by atoms with E-state index in [1.54, 1.807) is 20.8 Å². The van der Waals surface area contributed by atoms with Crippen molar-refractivity contribution in [3.8, 4) is 5.75 Å². The lowest BCUT2D eigenvalue weighted by molar-refractivity contribution is 0.0523. The molecule has 124 valence electrons. The van der Waals surface area contributed by atoms with Crippen LogP contribution >= 0.6 is 0 Å². The molecule has 7 heteroatoms. The lowest BCUT2D eigenvalue weighted by atomic mass is 10.2. The zero-order chi connectivity index (χ0) is 16.9. The standard InChI is InChI=1S/C15H22F2N2O3/c1-9(7-19-14(21)22-15(2,3)4)18-8-10-5-11(16)13(20)12(17)6-10/h5-6,9,18,20H,7-8H2,1-4H3,(H,19,21). The fourth-order valence-electron chi connectivity index (χ4n) is 1.63. The molecule has 22 heavy (non-hydrogen) atoms. The molecule has 0 fully saturated rings. The molecule has 0 spiro atoms. The van der Waals surface area contributed by atoms with Crippen LogP contribution in [0.2, 0.25) is 0 Å². The summed E-state index contributed by atoms with van der Waals surface area (Å²) in [5.41, 5.74) is -0.209. The van der Waals surface area contributed by atoms with E-state index in [0.717, 1.165) is 12.1 Å². The van der Waals surface area contributed by atoms with Crippen molar-refractivity contribution in [2.24, 2.45) is 0 Å². The van der Waals surface area contributed by atoms with Crippen molar-refractivity contribution in [3.63, 3.8) is 0 Å². The third kappa shape index (κ3) is 6.26. The second-order valence-corrected chi connectivity index (χ2v) is 6.07. The topological polar surface area (TPSA) is 70.6 Å². The number of aromatic hydroxyl groups is 1. The Labute approximate surface area is 128 Å². The van der Waals surface area contributed by atoms with E-state index in [1.165, 1.54) is 0 Å². The molecule has 3 N–H and O–H groups in total. The highest BCUT2D eigenvalue weighted by molar-refractivity contribution is 5.67. The second kappa shape index (κ2) is 7.40. The number of phenolic OH excluding ortho intramolecular Hbond substituents is 1. The van der Waals surface area contributed by atoms with Crippen LogP contribution in [0, 0.1) is 11.6 Å². The van der Waals surface area contributed by atoms with Gasteiger partial charge in [0.25, 0.3) is 0 Å². The van der Waals surface area contributed by atoms with Gasteiger partial charge in [0.15, 0.2) is 17.4 Å². The van der Waals surface area contributed by atoms with Crippen LogP contribution in [0.3, 0.4) is 0 Å². The molecule has 0 radical (unpaired) electrons. The number of amides is 1. The minimum atomic E-state index is -1.00. The van der Waals surface area contributed by atoms with E-state index in [-0.39, 0.29) is 12.6 Å². The molecule has 1 aromatic carbocycles. The molecular weight excluding hydrogens is 294 g/mol. The predicted molar refractivity (Wildman–Crippen MR) is 78.6 cm³/mol. The fraction of sp³-hybridized carbons (Fsp3) is 0.533. The minimum absolute atomic E-state index is 0.132. The number of carbonyl (C=O) groups excluding carboxylic acids is 1. The van der Waals surface area contributed by atoms with E-state index in [4.69, 9.17) is 9.84 Å². The van der Waals surface area contributed by atoms with Crippen LogP contribution in [-0.2, 0) is 11.3 Å². The van der Waals surface area contributed by atoms with Crippen LogP contribution < -0.4 is 10.6 Å². The Bertz CT molecular complexity index is 507. The molecule has 1 unspecified atom stereocenters. The summed E-state index contributed by atoms with van der Waals surface area (Å²) >= 11 is 0. The van der Waals surface area contributed by atoms with Crippen molar-refractivity contribution in [2.45, 2.75) is 45.9 Å². The van der Waals surface area contributed by atoms with Crippen molar-refractivity contribution in [1.82, 2.24) is 10.6 Å². The Kier molecular flexibility index (Phi) is 6.11. The van der Waals surface area contributed by atoms with Crippen molar-refractivity contribution in [2.75, 3.05) is 6.54 Å². The summed E-state index contributed by atoms with van der Waals surface area (Å²) < 4.78 is 31.5.